The molecule has 1 rings (SSSR count). The van der Waals surface area contributed by atoms with Gasteiger partial charge >= 0.3 is 11.9 Å². The number of esters is 2. The van der Waals surface area contributed by atoms with E-state index in [1.807, 2.05) is 30.3 Å². The van der Waals surface area contributed by atoms with Crippen LogP contribution in [-0.4, -0.2) is 25.2 Å². The molecule has 4 nitrogen and oxygen atoms in total. The average Bonchev–Trinajstić information content (AvgIpc) is 2.55. The Morgan fingerprint density at radius 1 is 0.957 bits per heavy atom. The van der Waals surface area contributed by atoms with E-state index in [2.05, 4.69) is 6.92 Å². The van der Waals surface area contributed by atoms with E-state index >= 15 is 0 Å². The molecule has 1 aromatic rings. The SMILES string of the molecule is CCCCCCCCOC(=O)C(COC(C)=O)c1ccccc1. The van der Waals surface area contributed by atoms with Gasteiger partial charge in [-0.25, -0.2) is 0 Å². The van der Waals surface area contributed by atoms with Gasteiger partial charge in [0.05, 0.1) is 6.61 Å². The summed E-state index contributed by atoms with van der Waals surface area (Å²) in [5.41, 5.74) is 0.807. The number of benzene rings is 1. The topological polar surface area (TPSA) is 52.6 Å². The highest BCUT2D eigenvalue weighted by molar-refractivity contribution is 5.79. The number of unbranched alkanes of at least 4 members (excludes halogenated alkanes) is 5. The van der Waals surface area contributed by atoms with Gasteiger partial charge in [-0.3, -0.25) is 9.59 Å². The second-order valence-electron chi connectivity index (χ2n) is 5.70. The van der Waals surface area contributed by atoms with E-state index in [-0.39, 0.29) is 12.6 Å². The molecule has 128 valence electrons. The third-order valence-corrected chi connectivity index (χ3v) is 3.68. The lowest BCUT2D eigenvalue weighted by molar-refractivity contribution is -0.150. The highest BCUT2D eigenvalue weighted by atomic mass is 16.5. The Labute approximate surface area is 139 Å². The van der Waals surface area contributed by atoms with Gasteiger partial charge in [-0.15, -0.1) is 0 Å². The number of hydrogen-bond donors (Lipinski definition) is 0. The molecule has 0 bridgehead atoms. The molecule has 1 atom stereocenters. The van der Waals surface area contributed by atoms with E-state index in [0.29, 0.717) is 6.61 Å². The van der Waals surface area contributed by atoms with Gasteiger partial charge in [0.15, 0.2) is 0 Å². The fraction of sp³-hybridized carbons (Fsp3) is 0.579. The van der Waals surface area contributed by atoms with E-state index in [1.165, 1.54) is 32.6 Å². The smallest absolute Gasteiger partial charge is 0.316 e. The molecular weight excluding hydrogens is 292 g/mol. The lowest BCUT2D eigenvalue weighted by atomic mass is 10.0. The maximum atomic E-state index is 12.3. The van der Waals surface area contributed by atoms with Gasteiger partial charge in [-0.2, -0.15) is 0 Å². The van der Waals surface area contributed by atoms with Gasteiger partial charge < -0.3 is 9.47 Å². The minimum absolute atomic E-state index is 0.0225. The molecule has 0 fully saturated rings. The van der Waals surface area contributed by atoms with Crippen molar-refractivity contribution in [2.45, 2.75) is 58.3 Å². The van der Waals surface area contributed by atoms with Crippen molar-refractivity contribution in [2.75, 3.05) is 13.2 Å². The normalized spacial score (nSPS) is 11.7. The van der Waals surface area contributed by atoms with E-state index in [9.17, 15) is 9.59 Å². The van der Waals surface area contributed by atoms with Crippen LogP contribution in [0.4, 0.5) is 0 Å². The molecule has 0 amide bonds. The maximum absolute atomic E-state index is 12.3. The second kappa shape index (κ2) is 11.7. The van der Waals surface area contributed by atoms with Crippen LogP contribution in [0.1, 0.15) is 63.9 Å². The molecule has 0 radical (unpaired) electrons. The Kier molecular flexibility index (Phi) is 9.76. The first-order chi connectivity index (χ1) is 11.1. The number of rotatable bonds is 11. The lowest BCUT2D eigenvalue weighted by Crippen LogP contribution is -2.22. The molecule has 0 spiro atoms. The molecule has 4 heteroatoms. The van der Waals surface area contributed by atoms with Crippen molar-refractivity contribution in [3.63, 3.8) is 0 Å². The van der Waals surface area contributed by atoms with Crippen molar-refractivity contribution in [3.05, 3.63) is 35.9 Å². The van der Waals surface area contributed by atoms with Crippen LogP contribution in [0.3, 0.4) is 0 Å². The molecule has 0 saturated heterocycles. The molecule has 0 N–H and O–H groups in total. The Morgan fingerprint density at radius 3 is 2.26 bits per heavy atom. The first-order valence-corrected chi connectivity index (χ1v) is 8.50. The molecule has 1 aromatic carbocycles. The van der Waals surface area contributed by atoms with Crippen molar-refractivity contribution in [1.29, 1.82) is 0 Å². The Bertz CT molecular complexity index is 456. The minimum atomic E-state index is -0.555. The molecule has 0 aliphatic heterocycles. The van der Waals surface area contributed by atoms with Crippen LogP contribution in [0.2, 0.25) is 0 Å². The summed E-state index contributed by atoms with van der Waals surface area (Å²) in [6, 6.07) is 9.29. The fourth-order valence-corrected chi connectivity index (χ4v) is 2.34. The zero-order valence-electron chi connectivity index (χ0n) is 14.3. The summed E-state index contributed by atoms with van der Waals surface area (Å²) in [7, 11) is 0. The van der Waals surface area contributed by atoms with Gasteiger partial charge in [0.2, 0.25) is 0 Å². The van der Waals surface area contributed by atoms with E-state index in [0.717, 1.165) is 18.4 Å². The van der Waals surface area contributed by atoms with Crippen LogP contribution in [0.15, 0.2) is 30.3 Å². The largest absolute Gasteiger partial charge is 0.465 e. The van der Waals surface area contributed by atoms with Crippen LogP contribution in [0, 0.1) is 0 Å². The monoisotopic (exact) mass is 320 g/mol. The van der Waals surface area contributed by atoms with Gasteiger partial charge in [0.1, 0.15) is 12.5 Å². The van der Waals surface area contributed by atoms with E-state index in [1.54, 1.807) is 0 Å². The molecule has 0 aromatic heterocycles. The summed E-state index contributed by atoms with van der Waals surface area (Å²) in [6.45, 7) is 3.97. The molecule has 23 heavy (non-hydrogen) atoms. The van der Waals surface area contributed by atoms with Crippen LogP contribution < -0.4 is 0 Å². The standard InChI is InChI=1S/C19H28O4/c1-3-4-5-6-7-11-14-22-19(21)18(15-23-16(2)20)17-12-9-8-10-13-17/h8-10,12-13,18H,3-7,11,14-15H2,1-2H3. The van der Waals surface area contributed by atoms with Crippen molar-refractivity contribution < 1.29 is 19.1 Å². The van der Waals surface area contributed by atoms with E-state index in [4.69, 9.17) is 9.47 Å². The van der Waals surface area contributed by atoms with Crippen molar-refractivity contribution in [1.82, 2.24) is 0 Å². The van der Waals surface area contributed by atoms with Crippen LogP contribution in [-0.2, 0) is 19.1 Å². The Hall–Kier alpha value is -1.84. The Balaban J connectivity index is 2.41. The van der Waals surface area contributed by atoms with E-state index < -0.39 is 11.9 Å². The van der Waals surface area contributed by atoms with Gasteiger partial charge in [0, 0.05) is 6.92 Å². The predicted molar refractivity (Wildman–Crippen MR) is 90.2 cm³/mol. The highest BCUT2D eigenvalue weighted by Crippen LogP contribution is 2.18. The maximum Gasteiger partial charge on any atom is 0.316 e. The van der Waals surface area contributed by atoms with Crippen LogP contribution >= 0.6 is 0 Å². The first-order valence-electron chi connectivity index (χ1n) is 8.50. The summed E-state index contributed by atoms with van der Waals surface area (Å²) >= 11 is 0. The quantitative estimate of drug-likeness (QED) is 0.452. The molecule has 0 heterocycles. The number of carbonyl (C=O) groups is 2. The second-order valence-corrected chi connectivity index (χ2v) is 5.70. The summed E-state index contributed by atoms with van der Waals surface area (Å²) in [5.74, 6) is -1.28. The third-order valence-electron chi connectivity index (χ3n) is 3.68. The summed E-state index contributed by atoms with van der Waals surface area (Å²) in [5, 5.41) is 0. The summed E-state index contributed by atoms with van der Waals surface area (Å²) in [4.78, 5) is 23.3. The first kappa shape index (κ1) is 19.2. The zero-order chi connectivity index (χ0) is 16.9. The molecule has 1 unspecified atom stereocenters. The van der Waals surface area contributed by atoms with Crippen molar-refractivity contribution in [2.24, 2.45) is 0 Å². The highest BCUT2D eigenvalue weighted by Gasteiger charge is 2.23. The van der Waals surface area contributed by atoms with Crippen LogP contribution in [0.25, 0.3) is 0 Å². The predicted octanol–water partition coefficient (Wildman–Crippen LogP) is 4.24. The number of ether oxygens (including phenoxy) is 2. The third kappa shape index (κ3) is 8.38. The molecule has 0 saturated carbocycles. The Morgan fingerprint density at radius 2 is 1.61 bits per heavy atom. The lowest BCUT2D eigenvalue weighted by Gasteiger charge is -2.16. The zero-order valence-corrected chi connectivity index (χ0v) is 14.3. The molecule has 0 aliphatic carbocycles. The van der Waals surface area contributed by atoms with Gasteiger partial charge in [0.25, 0.3) is 0 Å². The van der Waals surface area contributed by atoms with Crippen molar-refractivity contribution in [3.8, 4) is 0 Å². The number of carbonyl (C=O) groups excluding carboxylic acids is 2. The molecule has 0 aliphatic rings. The van der Waals surface area contributed by atoms with Gasteiger partial charge in [-0.1, -0.05) is 69.4 Å². The number of hydrogen-bond acceptors (Lipinski definition) is 4. The fourth-order valence-electron chi connectivity index (χ4n) is 2.34. The minimum Gasteiger partial charge on any atom is -0.465 e. The average molecular weight is 320 g/mol. The molecular formula is C19H28O4. The summed E-state index contributed by atoms with van der Waals surface area (Å²) in [6.07, 6.45) is 6.87. The summed E-state index contributed by atoms with van der Waals surface area (Å²) < 4.78 is 10.4. The van der Waals surface area contributed by atoms with Gasteiger partial charge in [-0.05, 0) is 12.0 Å². The van der Waals surface area contributed by atoms with Crippen molar-refractivity contribution >= 4 is 11.9 Å². The van der Waals surface area contributed by atoms with Crippen LogP contribution in [0.5, 0.6) is 0 Å².